The van der Waals surface area contributed by atoms with Crippen molar-refractivity contribution in [2.75, 3.05) is 12.3 Å². The van der Waals surface area contributed by atoms with Crippen molar-refractivity contribution in [1.29, 1.82) is 0 Å². The molecule has 1 saturated heterocycles. The van der Waals surface area contributed by atoms with E-state index in [4.69, 9.17) is 5.73 Å². The molecule has 1 nitrogen and oxygen atoms in total. The van der Waals surface area contributed by atoms with E-state index < -0.39 is 0 Å². The lowest BCUT2D eigenvalue weighted by Crippen LogP contribution is -2.22. The summed E-state index contributed by atoms with van der Waals surface area (Å²) in [6.07, 6.45) is 2.67. The predicted molar refractivity (Wildman–Crippen MR) is 50.9 cm³/mol. The molecular formula is C7H16ClNS. The minimum Gasteiger partial charge on any atom is -0.330 e. The van der Waals surface area contributed by atoms with Crippen molar-refractivity contribution in [3.8, 4) is 0 Å². The minimum atomic E-state index is 0. The fourth-order valence-corrected chi connectivity index (χ4v) is 2.59. The first-order chi connectivity index (χ1) is 4.33. The van der Waals surface area contributed by atoms with Crippen LogP contribution in [0.25, 0.3) is 0 Å². The number of rotatable bonds is 1. The molecule has 62 valence electrons. The standard InChI is InChI=1S/C7H15NS.ClH/c1-6-4-7(5-8)2-3-9-6;/h6-7H,2-5,8H2,1H3;1H. The molecule has 0 amide bonds. The summed E-state index contributed by atoms with van der Waals surface area (Å²) in [5, 5.41) is 0.854. The van der Waals surface area contributed by atoms with Crippen molar-refractivity contribution in [1.82, 2.24) is 0 Å². The van der Waals surface area contributed by atoms with E-state index in [-0.39, 0.29) is 12.4 Å². The number of halogens is 1. The summed E-state index contributed by atoms with van der Waals surface area (Å²) in [7, 11) is 0. The van der Waals surface area contributed by atoms with Gasteiger partial charge in [-0.1, -0.05) is 6.92 Å². The third-order valence-corrected chi connectivity index (χ3v) is 3.16. The normalized spacial score (nSPS) is 33.0. The summed E-state index contributed by atoms with van der Waals surface area (Å²) in [4.78, 5) is 0. The highest BCUT2D eigenvalue weighted by Crippen LogP contribution is 2.28. The van der Waals surface area contributed by atoms with E-state index >= 15 is 0 Å². The molecule has 0 aromatic heterocycles. The molecule has 10 heavy (non-hydrogen) atoms. The zero-order valence-electron chi connectivity index (χ0n) is 6.38. The fraction of sp³-hybridized carbons (Fsp3) is 1.00. The van der Waals surface area contributed by atoms with Crippen LogP contribution >= 0.6 is 24.2 Å². The first-order valence-electron chi connectivity index (χ1n) is 3.64. The molecule has 0 saturated carbocycles. The minimum absolute atomic E-state index is 0. The van der Waals surface area contributed by atoms with Gasteiger partial charge >= 0.3 is 0 Å². The van der Waals surface area contributed by atoms with Gasteiger partial charge in [-0.25, -0.2) is 0 Å². The largest absolute Gasteiger partial charge is 0.330 e. The molecule has 1 aliphatic rings. The molecule has 0 aliphatic carbocycles. The van der Waals surface area contributed by atoms with Gasteiger partial charge in [-0.3, -0.25) is 0 Å². The first kappa shape index (κ1) is 10.6. The molecule has 2 N–H and O–H groups in total. The Balaban J connectivity index is 0.000000810. The van der Waals surface area contributed by atoms with Crippen LogP contribution in [-0.4, -0.2) is 17.5 Å². The molecule has 1 aliphatic heterocycles. The van der Waals surface area contributed by atoms with Crippen molar-refractivity contribution in [3.63, 3.8) is 0 Å². The van der Waals surface area contributed by atoms with E-state index in [0.717, 1.165) is 17.7 Å². The van der Waals surface area contributed by atoms with Crippen LogP contribution in [0.3, 0.4) is 0 Å². The second-order valence-corrected chi connectivity index (χ2v) is 4.35. The predicted octanol–water partition coefficient (Wildman–Crippen LogP) is 1.90. The van der Waals surface area contributed by atoms with Gasteiger partial charge in [0.25, 0.3) is 0 Å². The Bertz CT molecular complexity index is 89.7. The SMILES string of the molecule is CC1CC(CN)CCS1.Cl. The Morgan fingerprint density at radius 2 is 2.30 bits per heavy atom. The van der Waals surface area contributed by atoms with E-state index in [9.17, 15) is 0 Å². The highest BCUT2D eigenvalue weighted by Gasteiger charge is 2.16. The van der Waals surface area contributed by atoms with Crippen LogP contribution in [0.5, 0.6) is 0 Å². The first-order valence-corrected chi connectivity index (χ1v) is 4.69. The average molecular weight is 182 g/mol. The van der Waals surface area contributed by atoms with Gasteiger partial charge in [0.15, 0.2) is 0 Å². The van der Waals surface area contributed by atoms with Gasteiger partial charge < -0.3 is 5.73 Å². The molecule has 2 atom stereocenters. The quantitative estimate of drug-likeness (QED) is 0.669. The maximum absolute atomic E-state index is 5.56. The molecule has 2 unspecified atom stereocenters. The van der Waals surface area contributed by atoms with E-state index in [1.165, 1.54) is 18.6 Å². The third-order valence-electron chi connectivity index (χ3n) is 1.93. The summed E-state index contributed by atoms with van der Waals surface area (Å²) in [5.74, 6) is 2.14. The molecule has 1 fully saturated rings. The number of thioether (sulfide) groups is 1. The fourth-order valence-electron chi connectivity index (χ4n) is 1.31. The second kappa shape index (κ2) is 5.28. The van der Waals surface area contributed by atoms with Crippen molar-refractivity contribution < 1.29 is 0 Å². The van der Waals surface area contributed by atoms with Gasteiger partial charge in [0.05, 0.1) is 0 Å². The van der Waals surface area contributed by atoms with Crippen molar-refractivity contribution in [2.24, 2.45) is 11.7 Å². The van der Waals surface area contributed by atoms with Crippen LogP contribution in [-0.2, 0) is 0 Å². The summed E-state index contributed by atoms with van der Waals surface area (Å²) in [6.45, 7) is 3.19. The average Bonchev–Trinajstić information content (AvgIpc) is 1.88. The zero-order valence-corrected chi connectivity index (χ0v) is 8.01. The summed E-state index contributed by atoms with van der Waals surface area (Å²) >= 11 is 2.08. The Hall–Kier alpha value is 0.600. The van der Waals surface area contributed by atoms with Crippen molar-refractivity contribution >= 4 is 24.2 Å². The van der Waals surface area contributed by atoms with Gasteiger partial charge in [-0.15, -0.1) is 12.4 Å². The lowest BCUT2D eigenvalue weighted by Gasteiger charge is -2.24. The van der Waals surface area contributed by atoms with Crippen LogP contribution in [0.4, 0.5) is 0 Å². The van der Waals surface area contributed by atoms with Crippen LogP contribution in [0.1, 0.15) is 19.8 Å². The van der Waals surface area contributed by atoms with Crippen LogP contribution in [0, 0.1) is 5.92 Å². The van der Waals surface area contributed by atoms with Crippen LogP contribution in [0.2, 0.25) is 0 Å². The number of nitrogens with two attached hydrogens (primary N) is 1. The molecule has 1 heterocycles. The third kappa shape index (κ3) is 3.13. The molecule has 0 spiro atoms. The maximum atomic E-state index is 5.56. The number of hydrogen-bond acceptors (Lipinski definition) is 2. The van der Waals surface area contributed by atoms with Gasteiger partial charge in [0.1, 0.15) is 0 Å². The smallest absolute Gasteiger partial charge is 0.00218 e. The molecule has 1 rings (SSSR count). The summed E-state index contributed by atoms with van der Waals surface area (Å²) in [6, 6.07) is 0. The maximum Gasteiger partial charge on any atom is 0.00218 e. The number of hydrogen-bond donors (Lipinski definition) is 1. The van der Waals surface area contributed by atoms with Gasteiger partial charge in [-0.2, -0.15) is 11.8 Å². The van der Waals surface area contributed by atoms with Crippen molar-refractivity contribution in [3.05, 3.63) is 0 Å². The summed E-state index contributed by atoms with van der Waals surface area (Å²) in [5.41, 5.74) is 5.56. The molecule has 0 aromatic carbocycles. The molecule has 0 bridgehead atoms. The topological polar surface area (TPSA) is 26.0 Å². The lowest BCUT2D eigenvalue weighted by molar-refractivity contribution is 0.471. The van der Waals surface area contributed by atoms with Gasteiger partial charge in [-0.05, 0) is 31.1 Å². The van der Waals surface area contributed by atoms with Crippen LogP contribution in [0.15, 0.2) is 0 Å². The Labute approximate surface area is 73.5 Å². The monoisotopic (exact) mass is 181 g/mol. The van der Waals surface area contributed by atoms with Gasteiger partial charge in [0, 0.05) is 5.25 Å². The Morgan fingerprint density at radius 1 is 1.60 bits per heavy atom. The van der Waals surface area contributed by atoms with Crippen molar-refractivity contribution in [2.45, 2.75) is 25.0 Å². The van der Waals surface area contributed by atoms with Gasteiger partial charge in [0.2, 0.25) is 0 Å². The Kier molecular flexibility index (Phi) is 5.59. The highest BCUT2D eigenvalue weighted by molar-refractivity contribution is 7.99. The summed E-state index contributed by atoms with van der Waals surface area (Å²) < 4.78 is 0. The highest BCUT2D eigenvalue weighted by atomic mass is 35.5. The Morgan fingerprint density at radius 3 is 2.70 bits per heavy atom. The zero-order chi connectivity index (χ0) is 6.69. The van der Waals surface area contributed by atoms with E-state index in [0.29, 0.717) is 0 Å². The molecule has 0 radical (unpaired) electrons. The second-order valence-electron chi connectivity index (χ2n) is 2.81. The van der Waals surface area contributed by atoms with E-state index in [1.807, 2.05) is 0 Å². The molecule has 3 heteroatoms. The lowest BCUT2D eigenvalue weighted by atomic mass is 10.0. The van der Waals surface area contributed by atoms with E-state index in [2.05, 4.69) is 18.7 Å². The molecular weight excluding hydrogens is 166 g/mol. The van der Waals surface area contributed by atoms with Crippen LogP contribution < -0.4 is 5.73 Å². The molecule has 0 aromatic rings. The van der Waals surface area contributed by atoms with E-state index in [1.54, 1.807) is 0 Å².